The number of aryl methyl sites for hydroxylation is 2. The molecule has 0 bridgehead atoms. The molecule has 2 heterocycles. The van der Waals surface area contributed by atoms with Gasteiger partial charge in [-0.05, 0) is 50.2 Å². The maximum atomic E-state index is 12.4. The minimum atomic E-state index is -3.03. The Bertz CT molecular complexity index is 1170. The predicted molar refractivity (Wildman–Crippen MR) is 113 cm³/mol. The molecule has 8 nitrogen and oxygen atoms in total. The molecule has 0 saturated carbocycles. The predicted octanol–water partition coefficient (Wildman–Crippen LogP) is 4.59. The zero-order valence-electron chi connectivity index (χ0n) is 16.7. The highest BCUT2D eigenvalue weighted by molar-refractivity contribution is 6.33. The molecule has 2 aromatic heterocycles. The number of nitrogens with zero attached hydrogens (tertiary/aromatic N) is 3. The molecular weight excluding hydrogens is 469 g/mol. The fraction of sp³-hybridized carbons (Fsp3) is 0.200. The summed E-state index contributed by atoms with van der Waals surface area (Å²) in [6, 6.07) is 8.61. The van der Waals surface area contributed by atoms with E-state index in [1.807, 2.05) is 19.9 Å². The van der Waals surface area contributed by atoms with E-state index in [1.165, 1.54) is 24.3 Å². The lowest BCUT2D eigenvalue weighted by Crippen LogP contribution is -2.22. The number of esters is 1. The number of amides is 1. The summed E-state index contributed by atoms with van der Waals surface area (Å²) in [7, 11) is 0. The Balaban J connectivity index is 1.64. The first kappa shape index (κ1) is 23.4. The number of anilines is 1. The third-order valence-corrected chi connectivity index (χ3v) is 4.62. The largest absolute Gasteiger partial charge is 0.451 e. The second-order valence-electron chi connectivity index (χ2n) is 6.49. The van der Waals surface area contributed by atoms with Crippen LogP contribution in [0.15, 0.2) is 36.4 Å². The van der Waals surface area contributed by atoms with Gasteiger partial charge in [-0.3, -0.25) is 4.79 Å². The Kier molecular flexibility index (Phi) is 7.26. The van der Waals surface area contributed by atoms with E-state index in [0.717, 1.165) is 11.4 Å². The van der Waals surface area contributed by atoms with Crippen LogP contribution in [0.25, 0.3) is 5.82 Å². The first-order valence-electron chi connectivity index (χ1n) is 9.05. The first-order valence-corrected chi connectivity index (χ1v) is 9.81. The molecule has 0 aliphatic rings. The molecule has 32 heavy (non-hydrogen) atoms. The number of halogens is 4. The second kappa shape index (κ2) is 9.92. The highest BCUT2D eigenvalue weighted by Crippen LogP contribution is 2.29. The Morgan fingerprint density at radius 3 is 2.50 bits per heavy atom. The number of benzene rings is 1. The molecule has 0 radical (unpaired) electrons. The number of carbonyl (C=O) groups excluding carboxylic acids is 2. The Morgan fingerprint density at radius 1 is 1.12 bits per heavy atom. The van der Waals surface area contributed by atoms with Gasteiger partial charge in [0.05, 0.1) is 15.7 Å². The summed E-state index contributed by atoms with van der Waals surface area (Å²) in [5, 5.41) is 6.63. The summed E-state index contributed by atoms with van der Waals surface area (Å²) in [5.41, 5.74) is 1.59. The molecule has 0 fully saturated rings. The number of pyridine rings is 1. The van der Waals surface area contributed by atoms with Crippen LogP contribution in [0.3, 0.4) is 0 Å². The van der Waals surface area contributed by atoms with Crippen molar-refractivity contribution in [2.75, 3.05) is 11.9 Å². The van der Waals surface area contributed by atoms with Crippen LogP contribution in [0.4, 0.5) is 14.5 Å². The van der Waals surface area contributed by atoms with Crippen molar-refractivity contribution in [1.82, 2.24) is 14.8 Å². The van der Waals surface area contributed by atoms with Gasteiger partial charge in [-0.1, -0.05) is 23.2 Å². The Hall–Kier alpha value is -3.24. The summed E-state index contributed by atoms with van der Waals surface area (Å²) in [5.74, 6) is -1.48. The van der Waals surface area contributed by atoms with E-state index < -0.39 is 25.1 Å². The number of aromatic nitrogens is 3. The van der Waals surface area contributed by atoms with Crippen LogP contribution in [0.1, 0.15) is 21.9 Å². The molecule has 0 atom stereocenters. The molecule has 0 aliphatic carbocycles. The van der Waals surface area contributed by atoms with Crippen LogP contribution in [0.5, 0.6) is 5.75 Å². The van der Waals surface area contributed by atoms with E-state index >= 15 is 0 Å². The van der Waals surface area contributed by atoms with Gasteiger partial charge in [0.1, 0.15) is 5.75 Å². The Labute approximate surface area is 191 Å². The van der Waals surface area contributed by atoms with Crippen LogP contribution >= 0.6 is 23.2 Å². The number of alkyl halides is 2. The highest BCUT2D eigenvalue weighted by atomic mass is 35.5. The topological polar surface area (TPSA) is 95.3 Å². The maximum absolute atomic E-state index is 12.4. The first-order chi connectivity index (χ1) is 15.1. The molecule has 12 heteroatoms. The molecule has 3 rings (SSSR count). The van der Waals surface area contributed by atoms with Crippen LogP contribution in [0, 0.1) is 13.8 Å². The molecule has 3 aromatic rings. The monoisotopic (exact) mass is 484 g/mol. The second-order valence-corrected chi connectivity index (χ2v) is 7.30. The van der Waals surface area contributed by atoms with Crippen molar-refractivity contribution in [3.05, 3.63) is 63.5 Å². The number of nitrogens with one attached hydrogen (secondary N) is 1. The molecule has 0 saturated heterocycles. The molecule has 1 amide bonds. The van der Waals surface area contributed by atoms with Crippen LogP contribution in [-0.2, 0) is 9.53 Å². The zero-order chi connectivity index (χ0) is 23.4. The normalized spacial score (nSPS) is 10.8. The van der Waals surface area contributed by atoms with Crippen molar-refractivity contribution < 1.29 is 27.8 Å². The molecule has 0 unspecified atom stereocenters. The van der Waals surface area contributed by atoms with Crippen molar-refractivity contribution in [2.24, 2.45) is 0 Å². The van der Waals surface area contributed by atoms with Crippen LogP contribution in [-0.4, -0.2) is 39.9 Å². The fourth-order valence-electron chi connectivity index (χ4n) is 2.72. The number of hydrogen-bond donors (Lipinski definition) is 1. The highest BCUT2D eigenvalue weighted by Gasteiger charge is 2.18. The number of rotatable bonds is 7. The van der Waals surface area contributed by atoms with Gasteiger partial charge in [0.25, 0.3) is 5.91 Å². The lowest BCUT2D eigenvalue weighted by molar-refractivity contribution is -0.119. The van der Waals surface area contributed by atoms with Crippen molar-refractivity contribution in [1.29, 1.82) is 0 Å². The molecular formula is C20H16Cl2F2N4O4. The average molecular weight is 485 g/mol. The van der Waals surface area contributed by atoms with Crippen LogP contribution < -0.4 is 10.1 Å². The minimum Gasteiger partial charge on any atom is -0.451 e. The maximum Gasteiger partial charge on any atom is 0.387 e. The number of hydrogen-bond acceptors (Lipinski definition) is 6. The van der Waals surface area contributed by atoms with Crippen LogP contribution in [0.2, 0.25) is 10.0 Å². The van der Waals surface area contributed by atoms with Gasteiger partial charge < -0.3 is 14.8 Å². The summed E-state index contributed by atoms with van der Waals surface area (Å²) in [4.78, 5) is 28.7. The van der Waals surface area contributed by atoms with Crippen molar-refractivity contribution >= 4 is 40.8 Å². The summed E-state index contributed by atoms with van der Waals surface area (Å²) in [6.07, 6.45) is 0. The third-order valence-electron chi connectivity index (χ3n) is 4.02. The minimum absolute atomic E-state index is 0.0436. The fourth-order valence-corrected chi connectivity index (χ4v) is 3.13. The van der Waals surface area contributed by atoms with E-state index in [-0.39, 0.29) is 27.2 Å². The Morgan fingerprint density at radius 2 is 1.88 bits per heavy atom. The summed E-state index contributed by atoms with van der Waals surface area (Å²) < 4.78 is 35.3. The van der Waals surface area contributed by atoms with Gasteiger partial charge in [0.2, 0.25) is 0 Å². The van der Waals surface area contributed by atoms with E-state index in [2.05, 4.69) is 20.1 Å². The standard InChI is InChI=1S/C20H16Cl2F2N4O4/c1-10-7-11(2)28(27-10)16-6-4-13(21)18(26-16)19(30)31-9-17(29)25-12-3-5-15(14(22)8-12)32-20(23)24/h3-8,20H,9H2,1-2H3,(H,25,29). The number of carbonyl (C=O) groups is 2. The molecule has 1 aromatic carbocycles. The van der Waals surface area contributed by atoms with E-state index in [4.69, 9.17) is 27.9 Å². The third kappa shape index (κ3) is 5.71. The van der Waals surface area contributed by atoms with E-state index in [0.29, 0.717) is 5.82 Å². The number of ether oxygens (including phenoxy) is 2. The summed E-state index contributed by atoms with van der Waals surface area (Å²) in [6.45, 7) is -0.0301. The van der Waals surface area contributed by atoms with Gasteiger partial charge in [-0.2, -0.15) is 13.9 Å². The van der Waals surface area contributed by atoms with Crippen molar-refractivity contribution in [3.63, 3.8) is 0 Å². The van der Waals surface area contributed by atoms with Gasteiger partial charge in [-0.25, -0.2) is 14.5 Å². The van der Waals surface area contributed by atoms with Gasteiger partial charge in [0, 0.05) is 11.4 Å². The lowest BCUT2D eigenvalue weighted by Gasteiger charge is -2.10. The smallest absolute Gasteiger partial charge is 0.387 e. The van der Waals surface area contributed by atoms with Gasteiger partial charge in [-0.15, -0.1) is 0 Å². The zero-order valence-corrected chi connectivity index (χ0v) is 18.2. The molecule has 1 N–H and O–H groups in total. The molecule has 168 valence electrons. The average Bonchev–Trinajstić information content (AvgIpc) is 3.06. The molecule has 0 spiro atoms. The van der Waals surface area contributed by atoms with Crippen molar-refractivity contribution in [3.8, 4) is 11.6 Å². The lowest BCUT2D eigenvalue weighted by atomic mass is 10.3. The van der Waals surface area contributed by atoms with Gasteiger partial charge >= 0.3 is 12.6 Å². The van der Waals surface area contributed by atoms with Gasteiger partial charge in [0.15, 0.2) is 18.1 Å². The summed E-state index contributed by atoms with van der Waals surface area (Å²) >= 11 is 11.9. The van der Waals surface area contributed by atoms with E-state index in [1.54, 1.807) is 10.7 Å². The van der Waals surface area contributed by atoms with Crippen molar-refractivity contribution in [2.45, 2.75) is 20.5 Å². The molecule has 0 aliphatic heterocycles. The quantitative estimate of drug-likeness (QED) is 0.492. The van der Waals surface area contributed by atoms with E-state index in [9.17, 15) is 18.4 Å². The SMILES string of the molecule is Cc1cc(C)n(-c2ccc(Cl)c(C(=O)OCC(=O)Nc3ccc(OC(F)F)c(Cl)c3)n2)n1.